The van der Waals surface area contributed by atoms with Crippen LogP contribution in [-0.2, 0) is 14.8 Å². The van der Waals surface area contributed by atoms with E-state index in [-0.39, 0.29) is 17.1 Å². The molecule has 0 radical (unpaired) electrons. The standard InChI is InChI=1S/C14H18N2O3S2/c1-20-13-5-3-2-4-12(13)15-14(17)10-8-16(9-10)21(18,19)11-6-7-11/h2-5,10-11H,6-9H2,1H3,(H,15,17). The second kappa shape index (κ2) is 5.62. The largest absolute Gasteiger partial charge is 0.325 e. The fourth-order valence-corrected chi connectivity index (χ4v) is 4.85. The lowest BCUT2D eigenvalue weighted by Crippen LogP contribution is -2.55. The van der Waals surface area contributed by atoms with Gasteiger partial charge in [-0.3, -0.25) is 4.79 Å². The van der Waals surface area contributed by atoms with E-state index in [1.807, 2.05) is 30.5 Å². The Balaban J connectivity index is 1.58. The first-order valence-electron chi connectivity index (χ1n) is 6.95. The van der Waals surface area contributed by atoms with Crippen molar-refractivity contribution in [2.24, 2.45) is 5.92 Å². The van der Waals surface area contributed by atoms with Crippen molar-refractivity contribution in [3.8, 4) is 0 Å². The summed E-state index contributed by atoms with van der Waals surface area (Å²) in [5.41, 5.74) is 0.790. The second-order valence-corrected chi connectivity index (χ2v) is 8.51. The molecule has 1 saturated carbocycles. The zero-order valence-corrected chi connectivity index (χ0v) is 13.4. The van der Waals surface area contributed by atoms with Gasteiger partial charge < -0.3 is 5.32 Å². The van der Waals surface area contributed by atoms with E-state index in [0.717, 1.165) is 23.4 Å². The molecule has 1 N–H and O–H groups in total. The Morgan fingerprint density at radius 2 is 1.95 bits per heavy atom. The molecule has 114 valence electrons. The summed E-state index contributed by atoms with van der Waals surface area (Å²) in [6, 6.07) is 7.61. The lowest BCUT2D eigenvalue weighted by Gasteiger charge is -2.37. The van der Waals surface area contributed by atoms with Crippen molar-refractivity contribution in [2.45, 2.75) is 23.0 Å². The Bertz CT molecular complexity index is 650. The van der Waals surface area contributed by atoms with Crippen molar-refractivity contribution in [3.05, 3.63) is 24.3 Å². The molecule has 0 spiro atoms. The van der Waals surface area contributed by atoms with Gasteiger partial charge in [0.15, 0.2) is 0 Å². The molecular formula is C14H18N2O3S2. The van der Waals surface area contributed by atoms with Gasteiger partial charge in [0.25, 0.3) is 0 Å². The summed E-state index contributed by atoms with van der Waals surface area (Å²) in [6.45, 7) is 0.623. The van der Waals surface area contributed by atoms with Crippen LogP contribution in [0.5, 0.6) is 0 Å². The molecule has 7 heteroatoms. The third-order valence-corrected chi connectivity index (χ3v) is 7.02. The van der Waals surface area contributed by atoms with E-state index >= 15 is 0 Å². The minimum absolute atomic E-state index is 0.0984. The molecule has 1 aromatic rings. The molecule has 0 atom stereocenters. The molecule has 1 amide bonds. The van der Waals surface area contributed by atoms with Crippen LogP contribution in [0.25, 0.3) is 0 Å². The third kappa shape index (κ3) is 2.95. The molecule has 2 fully saturated rings. The summed E-state index contributed by atoms with van der Waals surface area (Å²) in [5, 5.41) is 2.70. The van der Waals surface area contributed by atoms with Crippen LogP contribution in [-0.4, -0.2) is 43.2 Å². The first-order valence-corrected chi connectivity index (χ1v) is 9.68. The Morgan fingerprint density at radius 3 is 2.57 bits per heavy atom. The van der Waals surface area contributed by atoms with Crippen LogP contribution in [0, 0.1) is 5.92 Å². The topological polar surface area (TPSA) is 66.5 Å². The monoisotopic (exact) mass is 326 g/mol. The Labute approximate surface area is 129 Å². The average Bonchev–Trinajstić information content (AvgIpc) is 3.21. The first-order chi connectivity index (χ1) is 10.0. The van der Waals surface area contributed by atoms with Crippen LogP contribution in [0.1, 0.15) is 12.8 Å². The molecule has 0 unspecified atom stereocenters. The lowest BCUT2D eigenvalue weighted by atomic mass is 10.0. The number of para-hydroxylation sites is 1. The van der Waals surface area contributed by atoms with Crippen molar-refractivity contribution in [1.82, 2.24) is 4.31 Å². The van der Waals surface area contributed by atoms with Crippen molar-refractivity contribution in [3.63, 3.8) is 0 Å². The molecule has 0 bridgehead atoms. The Kier molecular flexibility index (Phi) is 3.98. The van der Waals surface area contributed by atoms with Gasteiger partial charge in [-0.25, -0.2) is 8.42 Å². The predicted octanol–water partition coefficient (Wildman–Crippen LogP) is 1.77. The average molecular weight is 326 g/mol. The zero-order chi connectivity index (χ0) is 15.0. The van der Waals surface area contributed by atoms with Gasteiger partial charge in [0.2, 0.25) is 15.9 Å². The quantitative estimate of drug-likeness (QED) is 0.838. The maximum absolute atomic E-state index is 12.2. The van der Waals surface area contributed by atoms with E-state index in [2.05, 4.69) is 5.32 Å². The summed E-state index contributed by atoms with van der Waals surface area (Å²) in [6.07, 6.45) is 3.48. The minimum Gasteiger partial charge on any atom is -0.325 e. The van der Waals surface area contributed by atoms with Crippen LogP contribution in [0.15, 0.2) is 29.2 Å². The van der Waals surface area contributed by atoms with E-state index in [4.69, 9.17) is 0 Å². The number of rotatable bonds is 5. The number of benzene rings is 1. The van der Waals surface area contributed by atoms with Crippen LogP contribution in [0.3, 0.4) is 0 Å². The number of thioether (sulfide) groups is 1. The highest BCUT2D eigenvalue weighted by Gasteiger charge is 2.46. The number of nitrogens with zero attached hydrogens (tertiary/aromatic N) is 1. The molecule has 1 saturated heterocycles. The van der Waals surface area contributed by atoms with Crippen molar-refractivity contribution in [1.29, 1.82) is 0 Å². The minimum atomic E-state index is -3.13. The zero-order valence-electron chi connectivity index (χ0n) is 11.8. The summed E-state index contributed by atoms with van der Waals surface area (Å²) in [5.74, 6) is -0.341. The van der Waals surface area contributed by atoms with E-state index in [0.29, 0.717) is 13.1 Å². The molecule has 1 aliphatic heterocycles. The third-order valence-electron chi connectivity index (χ3n) is 3.89. The maximum atomic E-state index is 12.2. The van der Waals surface area contributed by atoms with Gasteiger partial charge in [-0.05, 0) is 31.2 Å². The molecule has 1 aliphatic carbocycles. The number of carbonyl (C=O) groups excluding carboxylic acids is 1. The van der Waals surface area contributed by atoms with Gasteiger partial charge in [0.1, 0.15) is 0 Å². The van der Waals surface area contributed by atoms with Crippen molar-refractivity contribution >= 4 is 33.4 Å². The highest BCUT2D eigenvalue weighted by molar-refractivity contribution is 7.98. The number of hydrogen-bond donors (Lipinski definition) is 1. The highest BCUT2D eigenvalue weighted by atomic mass is 32.2. The normalized spacial score (nSPS) is 20.0. The Hall–Kier alpha value is -1.05. The molecular weight excluding hydrogens is 308 g/mol. The van der Waals surface area contributed by atoms with Crippen LogP contribution in [0.2, 0.25) is 0 Å². The number of carbonyl (C=O) groups is 1. The van der Waals surface area contributed by atoms with Gasteiger partial charge in [0, 0.05) is 18.0 Å². The fourth-order valence-electron chi connectivity index (χ4n) is 2.37. The van der Waals surface area contributed by atoms with Crippen LogP contribution in [0.4, 0.5) is 5.69 Å². The SMILES string of the molecule is CSc1ccccc1NC(=O)C1CN(S(=O)(=O)C2CC2)C1. The number of amides is 1. The molecule has 2 aliphatic rings. The second-order valence-electron chi connectivity index (χ2n) is 5.45. The smallest absolute Gasteiger partial charge is 0.230 e. The molecule has 1 heterocycles. The van der Waals surface area contributed by atoms with E-state index < -0.39 is 10.0 Å². The number of hydrogen-bond acceptors (Lipinski definition) is 4. The summed E-state index contributed by atoms with van der Waals surface area (Å²) >= 11 is 1.57. The van der Waals surface area contributed by atoms with Gasteiger partial charge >= 0.3 is 0 Å². The molecule has 0 aromatic heterocycles. The van der Waals surface area contributed by atoms with Gasteiger partial charge in [-0.1, -0.05) is 12.1 Å². The molecule has 1 aromatic carbocycles. The van der Waals surface area contributed by atoms with Crippen molar-refractivity contribution in [2.75, 3.05) is 24.7 Å². The number of nitrogens with one attached hydrogen (secondary N) is 1. The van der Waals surface area contributed by atoms with Gasteiger partial charge in [-0.15, -0.1) is 11.8 Å². The van der Waals surface area contributed by atoms with E-state index in [1.165, 1.54) is 4.31 Å². The van der Waals surface area contributed by atoms with E-state index in [9.17, 15) is 13.2 Å². The summed E-state index contributed by atoms with van der Waals surface area (Å²) in [7, 11) is -3.13. The molecule has 5 nitrogen and oxygen atoms in total. The number of anilines is 1. The maximum Gasteiger partial charge on any atom is 0.230 e. The molecule has 3 rings (SSSR count). The first kappa shape index (κ1) is 14.9. The lowest BCUT2D eigenvalue weighted by molar-refractivity contribution is -0.122. The van der Waals surface area contributed by atoms with Crippen LogP contribution >= 0.6 is 11.8 Å². The fraction of sp³-hybridized carbons (Fsp3) is 0.500. The summed E-state index contributed by atoms with van der Waals surface area (Å²) < 4.78 is 25.4. The van der Waals surface area contributed by atoms with Crippen molar-refractivity contribution < 1.29 is 13.2 Å². The Morgan fingerprint density at radius 1 is 1.29 bits per heavy atom. The van der Waals surface area contributed by atoms with Crippen LogP contribution < -0.4 is 5.32 Å². The highest BCUT2D eigenvalue weighted by Crippen LogP contribution is 2.35. The van der Waals surface area contributed by atoms with E-state index in [1.54, 1.807) is 11.8 Å². The molecule has 21 heavy (non-hydrogen) atoms. The predicted molar refractivity (Wildman–Crippen MR) is 83.9 cm³/mol. The van der Waals surface area contributed by atoms with Gasteiger partial charge in [-0.2, -0.15) is 4.31 Å². The number of sulfonamides is 1. The summed E-state index contributed by atoms with van der Waals surface area (Å²) in [4.78, 5) is 13.2. The van der Waals surface area contributed by atoms with Gasteiger partial charge in [0.05, 0.1) is 16.9 Å².